The maximum Gasteiger partial charge on any atom is 0.246 e. The van der Waals surface area contributed by atoms with Crippen molar-refractivity contribution in [2.24, 2.45) is 39.2 Å². The van der Waals surface area contributed by atoms with Crippen LogP contribution < -0.4 is 70.4 Å². The van der Waals surface area contributed by atoms with Crippen molar-refractivity contribution < 1.29 is 62.3 Å². The molecule has 16 N–H and O–H groups in total. The van der Waals surface area contributed by atoms with Gasteiger partial charge in [-0.15, -0.1) is 0 Å². The maximum atomic E-state index is 13.9. The molecule has 5 fully saturated rings. The number of hydrogen-bond donors (Lipinski definition) is 12. The van der Waals surface area contributed by atoms with Gasteiger partial charge in [0.15, 0.2) is 0 Å². The molecule has 13 atom stereocenters. The number of aryl methyl sites for hydroxylation is 1. The van der Waals surface area contributed by atoms with Crippen LogP contribution in [0.15, 0.2) is 133 Å². The normalized spacial score (nSPS) is 18.4. The molecule has 10 rings (SSSR count). The van der Waals surface area contributed by atoms with Gasteiger partial charge in [-0.2, -0.15) is 0 Å². The summed E-state index contributed by atoms with van der Waals surface area (Å²) in [5.74, 6) is -2.20. The number of nitrogens with one attached hydrogen (secondary N) is 8. The molecule has 0 spiro atoms. The summed E-state index contributed by atoms with van der Waals surface area (Å²) in [4.78, 5) is 188. The lowest BCUT2D eigenvalue weighted by Crippen LogP contribution is -2.59. The highest BCUT2D eigenvalue weighted by molar-refractivity contribution is 5.98. The van der Waals surface area contributed by atoms with E-state index < -0.39 is 70.5 Å². The lowest BCUT2D eigenvalue weighted by molar-refractivity contribution is -0.142. The van der Waals surface area contributed by atoms with Crippen LogP contribution in [-0.4, -0.2) is 353 Å². The third kappa shape index (κ3) is 38.4. The van der Waals surface area contributed by atoms with Gasteiger partial charge in [0.25, 0.3) is 0 Å². The van der Waals surface area contributed by atoms with Crippen LogP contribution in [0.1, 0.15) is 197 Å². The van der Waals surface area contributed by atoms with Gasteiger partial charge in [0.05, 0.1) is 49.8 Å². The van der Waals surface area contributed by atoms with E-state index in [0.717, 1.165) is 105 Å². The number of nitrogens with zero attached hydrogens (tertiary/aromatic N) is 10. The highest BCUT2D eigenvalue weighted by Gasteiger charge is 2.46. The quantitative estimate of drug-likeness (QED) is 0.0220. The number of fused-ring (bicyclic) bond motifs is 1. The molecule has 5 aromatic carbocycles. The number of carbonyl (C=O) groups excluding carboxylic acids is 13. The van der Waals surface area contributed by atoms with Gasteiger partial charge in [-0.1, -0.05) is 190 Å². The minimum atomic E-state index is -0.853. The second kappa shape index (κ2) is 59.8. The van der Waals surface area contributed by atoms with Gasteiger partial charge in [-0.3, -0.25) is 62.3 Å². The van der Waals surface area contributed by atoms with Gasteiger partial charge in [-0.05, 0) is 235 Å². The lowest BCUT2D eigenvalue weighted by Gasteiger charge is -2.38. The van der Waals surface area contributed by atoms with Crippen molar-refractivity contribution >= 4 is 93.3 Å². The molecule has 0 aromatic heterocycles. The summed E-state index contributed by atoms with van der Waals surface area (Å²) in [5.41, 5.74) is 25.7. The molecule has 35 nitrogen and oxygen atoms in total. The molecule has 145 heavy (non-hydrogen) atoms. The third-order valence-corrected chi connectivity index (χ3v) is 28.4. The topological polar surface area (TPSA) is 455 Å². The Morgan fingerprint density at radius 3 is 1.14 bits per heavy atom. The molecular formula is C110H176N22O13. The average molecular weight is 2010 g/mol. The molecule has 5 aliphatic rings. The summed E-state index contributed by atoms with van der Waals surface area (Å²) < 4.78 is 0. The number of anilines is 1. The van der Waals surface area contributed by atoms with Crippen molar-refractivity contribution in [1.29, 1.82) is 0 Å². The second-order valence-electron chi connectivity index (χ2n) is 43.0. The van der Waals surface area contributed by atoms with Crippen LogP contribution in [-0.2, 0) is 81.6 Å². The molecular weight excluding hydrogens is 1840 g/mol. The first-order valence-corrected chi connectivity index (χ1v) is 52.5. The van der Waals surface area contributed by atoms with Crippen molar-refractivity contribution in [2.45, 2.75) is 278 Å². The van der Waals surface area contributed by atoms with E-state index in [-0.39, 0.29) is 127 Å². The molecule has 5 saturated heterocycles. The Morgan fingerprint density at radius 1 is 0.393 bits per heavy atom. The number of amides is 13. The fourth-order valence-electron chi connectivity index (χ4n) is 18.9. The lowest BCUT2D eigenvalue weighted by atomic mass is 9.85. The van der Waals surface area contributed by atoms with E-state index in [0.29, 0.717) is 97.8 Å². The molecule has 0 aliphatic carbocycles. The summed E-state index contributed by atoms with van der Waals surface area (Å²) in [6.07, 6.45) is 13.2. The zero-order valence-electron chi connectivity index (χ0n) is 90.3. The number of nitrogens with two attached hydrogens (primary N) is 4. The molecule has 5 heterocycles. The van der Waals surface area contributed by atoms with Gasteiger partial charge in [0.2, 0.25) is 76.8 Å². The van der Waals surface area contributed by atoms with Crippen molar-refractivity contribution in [3.8, 4) is 0 Å². The van der Waals surface area contributed by atoms with E-state index >= 15 is 0 Å². The van der Waals surface area contributed by atoms with Crippen LogP contribution in [0.2, 0.25) is 0 Å². The van der Waals surface area contributed by atoms with E-state index in [2.05, 4.69) is 59.6 Å². The van der Waals surface area contributed by atoms with Crippen LogP contribution in [0.4, 0.5) is 5.69 Å². The molecule has 0 radical (unpaired) electrons. The van der Waals surface area contributed by atoms with Gasteiger partial charge in [-0.25, -0.2) is 0 Å². The van der Waals surface area contributed by atoms with Crippen LogP contribution >= 0.6 is 0 Å². The molecule has 0 bridgehead atoms. The minimum Gasteiger partial charge on any atom is -0.370 e. The summed E-state index contributed by atoms with van der Waals surface area (Å²) in [7, 11) is 10.7. The molecule has 13 amide bonds. The SMILES string of the molecule is CN[C@@H](C)C(=O)N[C@@H](CCc1ccccc1)C(=O)N1CCC[C@H]1CN(CCc1ccccc1)C(=O)CN(C)C.CN[C@@H](C)C(=O)N[C@H](C(=O)N1CCC[C@H]1CN(C(=O)CN)c1ccc2ccccc2c1)C(C)(C)C.CN[C@@H](C)C(=O)N[C@H](C(=O)N1CCC[C@H]1CN(CCN1CCCCC1)C(=O)CN)C(C)(C)C.CN[C@@H](C)C(=O)N[C@H](C(=O)N1CCC[C@H]1CN(CCc1ccccc1)C(=O)[C@H](N)CCC(N)=O)C(C)(C)C. The van der Waals surface area contributed by atoms with Crippen LogP contribution in [0.25, 0.3) is 10.8 Å². The first-order valence-electron chi connectivity index (χ1n) is 52.5. The first kappa shape index (κ1) is 121. The molecule has 0 unspecified atom stereocenters. The van der Waals surface area contributed by atoms with E-state index in [1.54, 1.807) is 70.6 Å². The predicted octanol–water partition coefficient (Wildman–Crippen LogP) is 5.77. The Labute approximate surface area is 863 Å². The van der Waals surface area contributed by atoms with Crippen LogP contribution in [0.3, 0.4) is 0 Å². The minimum absolute atomic E-state index is 0.0246. The number of rotatable bonds is 45. The first-order chi connectivity index (χ1) is 68.8. The molecule has 804 valence electrons. The van der Waals surface area contributed by atoms with Gasteiger partial charge in [0.1, 0.15) is 24.2 Å². The Bertz CT molecular complexity index is 4920. The molecule has 35 heteroatoms. The maximum absolute atomic E-state index is 13.9. The number of piperidine rings is 1. The zero-order chi connectivity index (χ0) is 107. The zero-order valence-corrected chi connectivity index (χ0v) is 90.3. The smallest absolute Gasteiger partial charge is 0.246 e. The van der Waals surface area contributed by atoms with E-state index in [1.165, 1.54) is 24.8 Å². The Balaban J connectivity index is 0.000000263. The number of hydrogen-bond acceptors (Lipinski definition) is 22. The van der Waals surface area contributed by atoms with Crippen molar-refractivity contribution in [3.05, 3.63) is 150 Å². The van der Waals surface area contributed by atoms with E-state index in [4.69, 9.17) is 22.9 Å². The predicted molar refractivity (Wildman–Crippen MR) is 574 cm³/mol. The van der Waals surface area contributed by atoms with Gasteiger partial charge in [0, 0.05) is 115 Å². The largest absolute Gasteiger partial charge is 0.370 e. The number of carbonyl (C=O) groups is 13. The molecule has 5 aliphatic heterocycles. The highest BCUT2D eigenvalue weighted by atomic mass is 16.2. The summed E-state index contributed by atoms with van der Waals surface area (Å²) in [5, 5.41) is 25.7. The van der Waals surface area contributed by atoms with Crippen molar-refractivity contribution in [3.63, 3.8) is 0 Å². The Kier molecular flexibility index (Phi) is 49.9. The highest BCUT2D eigenvalue weighted by Crippen LogP contribution is 2.33. The summed E-state index contributed by atoms with van der Waals surface area (Å²) in [6, 6.07) is 38.3. The number of primary amides is 1. The van der Waals surface area contributed by atoms with Crippen LogP contribution in [0, 0.1) is 16.2 Å². The fraction of sp³-hybridized carbons (Fsp3) is 0.627. The van der Waals surface area contributed by atoms with Gasteiger partial charge >= 0.3 is 0 Å². The number of likely N-dealkylation sites (N-methyl/N-ethyl adjacent to an activating group) is 5. The Hall–Kier alpha value is -10.9. The third-order valence-electron chi connectivity index (χ3n) is 28.4. The summed E-state index contributed by atoms with van der Waals surface area (Å²) in [6.45, 7) is 33.6. The average Bonchev–Trinajstić information content (AvgIpc) is 1.58. The van der Waals surface area contributed by atoms with E-state index in [9.17, 15) is 62.3 Å². The van der Waals surface area contributed by atoms with Crippen molar-refractivity contribution in [1.82, 2.24) is 86.6 Å². The monoisotopic (exact) mass is 2010 g/mol. The number of benzene rings is 5. The van der Waals surface area contributed by atoms with Crippen molar-refractivity contribution in [2.75, 3.05) is 158 Å². The summed E-state index contributed by atoms with van der Waals surface area (Å²) >= 11 is 0. The molecule has 5 aromatic rings. The Morgan fingerprint density at radius 2 is 0.752 bits per heavy atom. The standard InChI is InChI=1S/C31H45N5O3.C28H46N6O4.C27H39N5O3.C24H46N6O3/c1-24(32-2)30(38)33-28(18-17-25-12-7-5-8-13-25)31(39)36-20-11-16-27(36)22-35(29(37)23-34(3)4)21-19-26-14-9-6-10-15-26;1-19(31-5)25(36)32-24(28(2,3)4)27(38)34-16-9-12-21(34)18-33(17-15-20-10-7-6-8-11-20)26(37)22(29)13-14-23(30)35;1-18(29-5)25(34)30-24(27(2,3)4)26(35)31-14-8-11-22(31)17-32(23(33)16-28)21-13-12-19-9-6-7-10-20(19)15-21;1-18(26-5)22(32)27-21(24(2,3)4)23(33)30-13-9-10-19(30)17-29(20(31)16-25)15-14-28-11-7-6-8-12-28/h5-10,12-15,24,27-28,32H,11,16-23H2,1-4H3,(H,33,38);6-8,10-11,19,21-22,24,31H,9,12-18,29H2,1-5H3,(H2,30,35)(H,32,36);6-7,9-10,12-13,15,18,22,24,29H,8,11,14,16-17,28H2,1-5H3,(H,30,34);18-19,21,26H,6-17,25H2,1-5H3,(H,27,32)/t24-,27-,28-;19-,21-,22+,24+;18-,22-,24+;18-,19-,21+/m0000/s1. The number of likely N-dealkylation sites (tertiary alicyclic amines) is 5. The van der Waals surface area contributed by atoms with Crippen LogP contribution in [0.5, 0.6) is 0 Å². The van der Waals surface area contributed by atoms with E-state index in [1.807, 2.05) is 227 Å². The van der Waals surface area contributed by atoms with Gasteiger partial charge < -0.3 is 114 Å². The second-order valence-corrected chi connectivity index (χ2v) is 43.0. The fourth-order valence-corrected chi connectivity index (χ4v) is 18.9. The molecule has 0 saturated carbocycles.